The molecule has 2 saturated heterocycles. The van der Waals surface area contributed by atoms with Crippen LogP contribution in [-0.4, -0.2) is 36.7 Å². The fraction of sp³-hybridized carbons (Fsp3) is 0.684. The zero-order chi connectivity index (χ0) is 15.2. The summed E-state index contributed by atoms with van der Waals surface area (Å²) >= 11 is 0. The maximum Gasteiger partial charge on any atom is 0.128 e. The number of nitrogens with zero attached hydrogens (tertiary/aromatic N) is 1. The highest BCUT2D eigenvalue weighted by Gasteiger charge is 2.44. The molecule has 22 heavy (non-hydrogen) atoms. The summed E-state index contributed by atoms with van der Waals surface area (Å²) in [5, 5.41) is 3.50. The molecule has 4 rings (SSSR count). The second-order valence-electron chi connectivity index (χ2n) is 7.42. The van der Waals surface area contributed by atoms with Gasteiger partial charge in [-0.1, -0.05) is 12.1 Å². The van der Waals surface area contributed by atoms with Gasteiger partial charge in [-0.25, -0.2) is 0 Å². The average Bonchev–Trinajstić information content (AvgIpc) is 3.06. The molecule has 0 aliphatic carbocycles. The molecular weight excluding hydrogens is 272 g/mol. The molecule has 1 unspecified atom stereocenters. The monoisotopic (exact) mass is 300 g/mol. The van der Waals surface area contributed by atoms with Crippen LogP contribution in [-0.2, 0) is 0 Å². The molecule has 1 N–H and O–H groups in total. The molecule has 3 heterocycles. The number of piperidine rings is 1. The van der Waals surface area contributed by atoms with Crippen LogP contribution < -0.4 is 10.1 Å². The minimum Gasteiger partial charge on any atom is -0.486 e. The van der Waals surface area contributed by atoms with E-state index in [9.17, 15) is 0 Å². The van der Waals surface area contributed by atoms with E-state index in [1.54, 1.807) is 0 Å². The molecule has 0 aromatic heterocycles. The van der Waals surface area contributed by atoms with Gasteiger partial charge in [0.1, 0.15) is 11.4 Å². The van der Waals surface area contributed by atoms with E-state index in [0.29, 0.717) is 6.04 Å². The summed E-state index contributed by atoms with van der Waals surface area (Å²) in [6.45, 7) is 9.12. The third-order valence-electron chi connectivity index (χ3n) is 6.05. The van der Waals surface area contributed by atoms with Crippen molar-refractivity contribution in [1.29, 1.82) is 0 Å². The number of aryl methyl sites for hydroxylation is 1. The zero-order valence-corrected chi connectivity index (χ0v) is 14.0. The molecular formula is C19H28N2O. The molecule has 2 fully saturated rings. The molecule has 1 aromatic rings. The van der Waals surface area contributed by atoms with Crippen molar-refractivity contribution in [3.63, 3.8) is 0 Å². The lowest BCUT2D eigenvalue weighted by Crippen LogP contribution is -2.51. The highest BCUT2D eigenvalue weighted by Crippen LogP contribution is 2.48. The maximum absolute atomic E-state index is 6.70. The van der Waals surface area contributed by atoms with Gasteiger partial charge >= 0.3 is 0 Å². The van der Waals surface area contributed by atoms with Crippen molar-refractivity contribution in [1.82, 2.24) is 10.2 Å². The van der Waals surface area contributed by atoms with Crippen LogP contribution in [0.5, 0.6) is 5.75 Å². The van der Waals surface area contributed by atoms with Crippen molar-refractivity contribution >= 4 is 0 Å². The van der Waals surface area contributed by atoms with E-state index in [-0.39, 0.29) is 5.60 Å². The third-order valence-corrected chi connectivity index (χ3v) is 6.05. The fourth-order valence-electron chi connectivity index (χ4n) is 4.50. The average molecular weight is 300 g/mol. The smallest absolute Gasteiger partial charge is 0.128 e. The van der Waals surface area contributed by atoms with Gasteiger partial charge in [-0.3, -0.25) is 4.90 Å². The van der Waals surface area contributed by atoms with Gasteiger partial charge in [-0.05, 0) is 76.8 Å². The fourth-order valence-corrected chi connectivity index (χ4v) is 4.50. The number of rotatable bonds is 1. The summed E-state index contributed by atoms with van der Waals surface area (Å²) in [6, 6.07) is 5.17. The second kappa shape index (κ2) is 5.54. The normalized spacial score (nSPS) is 27.6. The molecule has 0 radical (unpaired) electrons. The van der Waals surface area contributed by atoms with Crippen LogP contribution in [0.15, 0.2) is 12.1 Å². The van der Waals surface area contributed by atoms with E-state index in [0.717, 1.165) is 25.9 Å². The Hall–Kier alpha value is -1.06. The van der Waals surface area contributed by atoms with E-state index in [4.69, 9.17) is 4.74 Å². The lowest BCUT2D eigenvalue weighted by molar-refractivity contribution is -0.0166. The van der Waals surface area contributed by atoms with Crippen molar-refractivity contribution in [3.8, 4) is 5.75 Å². The van der Waals surface area contributed by atoms with Gasteiger partial charge in [-0.15, -0.1) is 0 Å². The highest BCUT2D eigenvalue weighted by atomic mass is 16.5. The molecule has 3 nitrogen and oxygen atoms in total. The lowest BCUT2D eigenvalue weighted by atomic mass is 9.79. The van der Waals surface area contributed by atoms with Gasteiger partial charge in [0.15, 0.2) is 0 Å². The van der Waals surface area contributed by atoms with Gasteiger partial charge in [0, 0.05) is 18.0 Å². The Morgan fingerprint density at radius 3 is 2.59 bits per heavy atom. The lowest BCUT2D eigenvalue weighted by Gasteiger charge is -2.47. The topological polar surface area (TPSA) is 24.5 Å². The van der Waals surface area contributed by atoms with E-state index in [1.165, 1.54) is 54.8 Å². The van der Waals surface area contributed by atoms with Crippen molar-refractivity contribution in [3.05, 3.63) is 28.8 Å². The highest BCUT2D eigenvalue weighted by molar-refractivity contribution is 5.49. The van der Waals surface area contributed by atoms with Crippen molar-refractivity contribution < 1.29 is 4.74 Å². The van der Waals surface area contributed by atoms with Crippen LogP contribution in [0.1, 0.15) is 54.8 Å². The van der Waals surface area contributed by atoms with Crippen LogP contribution in [0.3, 0.4) is 0 Å². The van der Waals surface area contributed by atoms with Crippen LogP contribution in [0.2, 0.25) is 0 Å². The Labute approximate surface area is 134 Å². The third kappa shape index (κ3) is 2.35. The van der Waals surface area contributed by atoms with Crippen molar-refractivity contribution in [2.45, 2.75) is 57.6 Å². The molecule has 0 saturated carbocycles. The quantitative estimate of drug-likeness (QED) is 0.861. The van der Waals surface area contributed by atoms with Gasteiger partial charge in [0.25, 0.3) is 0 Å². The molecule has 0 bridgehead atoms. The van der Waals surface area contributed by atoms with E-state index in [2.05, 4.69) is 36.2 Å². The Balaban J connectivity index is 1.76. The minimum atomic E-state index is 0.0596. The number of likely N-dealkylation sites (tertiary alicyclic amines) is 1. The first-order chi connectivity index (χ1) is 10.7. The van der Waals surface area contributed by atoms with Crippen molar-refractivity contribution in [2.75, 3.05) is 26.2 Å². The predicted octanol–water partition coefficient (Wildman–Crippen LogP) is 3.35. The van der Waals surface area contributed by atoms with Crippen LogP contribution in [0.4, 0.5) is 0 Å². The summed E-state index contributed by atoms with van der Waals surface area (Å²) in [4.78, 5) is 2.71. The Kier molecular flexibility index (Phi) is 3.66. The largest absolute Gasteiger partial charge is 0.486 e. The molecule has 1 spiro atoms. The maximum atomic E-state index is 6.70. The minimum absolute atomic E-state index is 0.0596. The van der Waals surface area contributed by atoms with Crippen molar-refractivity contribution in [2.24, 2.45) is 0 Å². The van der Waals surface area contributed by atoms with E-state index >= 15 is 0 Å². The Bertz CT molecular complexity index is 557. The molecule has 120 valence electrons. The van der Waals surface area contributed by atoms with Gasteiger partial charge in [0.05, 0.1) is 0 Å². The van der Waals surface area contributed by atoms with Crippen LogP contribution in [0, 0.1) is 13.8 Å². The number of nitrogens with one attached hydrogen (secondary N) is 1. The summed E-state index contributed by atoms with van der Waals surface area (Å²) in [5.74, 6) is 1.20. The van der Waals surface area contributed by atoms with E-state index in [1.807, 2.05) is 0 Å². The summed E-state index contributed by atoms with van der Waals surface area (Å²) in [6.07, 6.45) is 6.16. The number of hydrogen-bond acceptors (Lipinski definition) is 3. The molecule has 1 atom stereocenters. The molecule has 1 aromatic carbocycles. The van der Waals surface area contributed by atoms with Crippen LogP contribution in [0.25, 0.3) is 0 Å². The van der Waals surface area contributed by atoms with Crippen LogP contribution >= 0.6 is 0 Å². The second-order valence-corrected chi connectivity index (χ2v) is 7.42. The van der Waals surface area contributed by atoms with Gasteiger partial charge in [-0.2, -0.15) is 0 Å². The van der Waals surface area contributed by atoms with E-state index < -0.39 is 0 Å². The van der Waals surface area contributed by atoms with Gasteiger partial charge < -0.3 is 10.1 Å². The summed E-state index contributed by atoms with van der Waals surface area (Å²) in [7, 11) is 0. The summed E-state index contributed by atoms with van der Waals surface area (Å²) < 4.78 is 6.70. The molecule has 3 aliphatic rings. The first kappa shape index (κ1) is 14.5. The number of hydrogen-bond donors (Lipinski definition) is 1. The SMILES string of the molecule is Cc1ccc2c(c1C)OC1(CCNCC1)CC2N1CCCC1. The molecule has 3 heteroatoms. The molecule has 0 amide bonds. The first-order valence-corrected chi connectivity index (χ1v) is 8.92. The number of benzene rings is 1. The Morgan fingerprint density at radius 1 is 1.14 bits per heavy atom. The Morgan fingerprint density at radius 2 is 1.86 bits per heavy atom. The predicted molar refractivity (Wildman–Crippen MR) is 89.5 cm³/mol. The first-order valence-electron chi connectivity index (χ1n) is 8.92. The summed E-state index contributed by atoms with van der Waals surface area (Å²) in [5.41, 5.74) is 4.20. The molecule has 3 aliphatic heterocycles. The number of ether oxygens (including phenoxy) is 1. The zero-order valence-electron chi connectivity index (χ0n) is 14.0. The standard InChI is InChI=1S/C19H28N2O/c1-14-5-6-16-17(21-11-3-4-12-21)13-19(7-9-20-10-8-19)22-18(16)15(14)2/h5-6,17,20H,3-4,7-13H2,1-2H3. The number of fused-ring (bicyclic) bond motifs is 1. The van der Waals surface area contributed by atoms with Gasteiger partial charge in [0.2, 0.25) is 0 Å².